The van der Waals surface area contributed by atoms with E-state index in [2.05, 4.69) is 5.32 Å². The molecule has 0 radical (unpaired) electrons. The van der Waals surface area contributed by atoms with Crippen molar-refractivity contribution in [3.05, 3.63) is 35.1 Å². The molecule has 1 aliphatic rings. The Kier molecular flexibility index (Phi) is 7.11. The topological polar surface area (TPSA) is 72.9 Å². The highest BCUT2D eigenvalue weighted by Crippen LogP contribution is 2.24. The first-order chi connectivity index (χ1) is 12.4. The number of rotatable bonds is 7. The molecule has 0 saturated carbocycles. The normalized spacial score (nSPS) is 20.2. The molecule has 0 bridgehead atoms. The minimum Gasteiger partial charge on any atom is -0.387 e. The first-order valence-corrected chi connectivity index (χ1v) is 9.07. The van der Waals surface area contributed by atoms with Crippen LogP contribution in [-0.2, 0) is 16.1 Å². The largest absolute Gasteiger partial charge is 0.387 e. The van der Waals surface area contributed by atoms with Gasteiger partial charge in [-0.2, -0.15) is 0 Å². The number of halogens is 1. The van der Waals surface area contributed by atoms with Crippen LogP contribution >= 0.6 is 0 Å². The molecule has 6 nitrogen and oxygen atoms in total. The molecule has 0 aromatic heterocycles. The van der Waals surface area contributed by atoms with Crippen LogP contribution in [0.2, 0.25) is 0 Å². The van der Waals surface area contributed by atoms with Crippen LogP contribution in [0.5, 0.6) is 0 Å². The number of aryl methyl sites for hydroxylation is 1. The lowest BCUT2D eigenvalue weighted by Gasteiger charge is -2.29. The van der Waals surface area contributed by atoms with Crippen LogP contribution in [0, 0.1) is 12.7 Å². The first-order valence-electron chi connectivity index (χ1n) is 9.07. The van der Waals surface area contributed by atoms with Gasteiger partial charge in [-0.3, -0.25) is 14.5 Å². The molecule has 1 aromatic rings. The fraction of sp³-hybridized carbons (Fsp3) is 0.579. The van der Waals surface area contributed by atoms with E-state index in [1.165, 1.54) is 12.1 Å². The molecule has 144 valence electrons. The number of aliphatic hydroxyl groups is 1. The maximum absolute atomic E-state index is 13.4. The van der Waals surface area contributed by atoms with E-state index in [0.29, 0.717) is 32.6 Å². The van der Waals surface area contributed by atoms with Crippen molar-refractivity contribution < 1.29 is 19.1 Å². The molecule has 1 saturated heterocycles. The van der Waals surface area contributed by atoms with Crippen molar-refractivity contribution in [1.82, 2.24) is 15.1 Å². The molecule has 26 heavy (non-hydrogen) atoms. The summed E-state index contributed by atoms with van der Waals surface area (Å²) in [7, 11) is 0. The molecule has 2 rings (SSSR count). The maximum atomic E-state index is 13.4. The van der Waals surface area contributed by atoms with Crippen molar-refractivity contribution in [2.24, 2.45) is 0 Å². The molecule has 1 aliphatic heterocycles. The number of amides is 2. The molecule has 1 heterocycles. The predicted octanol–water partition coefficient (Wildman–Crippen LogP) is 1.05. The summed E-state index contributed by atoms with van der Waals surface area (Å²) in [5.74, 6) is -0.684. The van der Waals surface area contributed by atoms with Crippen LogP contribution in [0.1, 0.15) is 31.4 Å². The number of nitrogens with zero attached hydrogens (tertiary/aromatic N) is 2. The zero-order valence-corrected chi connectivity index (χ0v) is 15.7. The molecule has 0 spiro atoms. The predicted molar refractivity (Wildman–Crippen MR) is 96.9 cm³/mol. The quantitative estimate of drug-likeness (QED) is 0.758. The second-order valence-corrected chi connectivity index (χ2v) is 6.68. The van der Waals surface area contributed by atoms with E-state index in [1.807, 2.05) is 25.7 Å². The van der Waals surface area contributed by atoms with Crippen LogP contribution in [0.25, 0.3) is 0 Å². The monoisotopic (exact) mass is 365 g/mol. The lowest BCUT2D eigenvalue weighted by atomic mass is 10.1. The van der Waals surface area contributed by atoms with E-state index < -0.39 is 12.5 Å². The first kappa shape index (κ1) is 20.3. The van der Waals surface area contributed by atoms with Crippen molar-refractivity contribution >= 4 is 11.8 Å². The summed E-state index contributed by atoms with van der Waals surface area (Å²) in [4.78, 5) is 28.3. The molecule has 2 atom stereocenters. The van der Waals surface area contributed by atoms with E-state index in [4.69, 9.17) is 5.11 Å². The highest BCUT2D eigenvalue weighted by Gasteiger charge is 2.38. The summed E-state index contributed by atoms with van der Waals surface area (Å²) in [6.07, 6.45) is 0.501. The van der Waals surface area contributed by atoms with Crippen LogP contribution < -0.4 is 5.32 Å². The maximum Gasteiger partial charge on any atom is 0.245 e. The van der Waals surface area contributed by atoms with E-state index in [9.17, 15) is 14.0 Å². The highest BCUT2D eigenvalue weighted by molar-refractivity contribution is 5.83. The van der Waals surface area contributed by atoms with Gasteiger partial charge in [0.05, 0.1) is 6.04 Å². The van der Waals surface area contributed by atoms with Gasteiger partial charge in [0.1, 0.15) is 12.4 Å². The van der Waals surface area contributed by atoms with Crippen LogP contribution in [0.4, 0.5) is 4.39 Å². The van der Waals surface area contributed by atoms with E-state index >= 15 is 0 Å². The average molecular weight is 365 g/mol. The van der Waals surface area contributed by atoms with Gasteiger partial charge in [0.2, 0.25) is 11.8 Å². The molecule has 7 heteroatoms. The summed E-state index contributed by atoms with van der Waals surface area (Å²) in [6, 6.07) is 4.11. The second-order valence-electron chi connectivity index (χ2n) is 6.68. The minimum absolute atomic E-state index is 0.0375. The Morgan fingerprint density at radius 3 is 2.62 bits per heavy atom. The third kappa shape index (κ3) is 4.80. The fourth-order valence-corrected chi connectivity index (χ4v) is 3.51. The third-order valence-electron chi connectivity index (χ3n) is 4.95. The summed E-state index contributed by atoms with van der Waals surface area (Å²) >= 11 is 0. The van der Waals surface area contributed by atoms with Gasteiger partial charge in [-0.25, -0.2) is 4.39 Å². The van der Waals surface area contributed by atoms with Gasteiger partial charge in [-0.1, -0.05) is 6.07 Å². The zero-order valence-electron chi connectivity index (χ0n) is 15.7. The second kappa shape index (κ2) is 9.09. The van der Waals surface area contributed by atoms with Crippen LogP contribution in [0.15, 0.2) is 18.2 Å². The Morgan fingerprint density at radius 1 is 1.35 bits per heavy atom. The van der Waals surface area contributed by atoms with Crippen LogP contribution in [-0.4, -0.2) is 65.0 Å². The number of nitrogens with one attached hydrogen (secondary N) is 1. The Morgan fingerprint density at radius 2 is 2.04 bits per heavy atom. The van der Waals surface area contributed by atoms with Gasteiger partial charge in [0, 0.05) is 32.2 Å². The molecule has 2 amide bonds. The molecule has 0 aliphatic carbocycles. The van der Waals surface area contributed by atoms with Gasteiger partial charge in [0.25, 0.3) is 0 Å². The van der Waals surface area contributed by atoms with E-state index in [1.54, 1.807) is 11.0 Å². The smallest absolute Gasteiger partial charge is 0.245 e. The average Bonchev–Trinajstić information content (AvgIpc) is 3.00. The number of carbonyl (C=O) groups excluding carboxylic acids is 2. The number of carbonyl (C=O) groups is 2. The van der Waals surface area contributed by atoms with Crippen molar-refractivity contribution in [3.63, 3.8) is 0 Å². The lowest BCUT2D eigenvalue weighted by Crippen LogP contribution is -2.45. The highest BCUT2D eigenvalue weighted by atomic mass is 19.1. The Balaban J connectivity index is 2.20. The minimum atomic E-state index is -0.567. The summed E-state index contributed by atoms with van der Waals surface area (Å²) in [5.41, 5.74) is 1.79. The molecular weight excluding hydrogens is 337 g/mol. The Hall–Kier alpha value is -1.99. The molecule has 1 aromatic carbocycles. The van der Waals surface area contributed by atoms with Gasteiger partial charge in [0.15, 0.2) is 0 Å². The number of benzene rings is 1. The standard InChI is InChI=1S/C19H28FN3O3/c1-4-22(5-2)19(26)17-9-16(21-18(25)12-24)11-23(17)10-14-6-7-15(20)8-13(14)3/h6-8,16-17,24H,4-5,9-12H2,1-3H3,(H,21,25)/t16-,17-/m0/s1. The molecule has 1 fully saturated rings. The zero-order chi connectivity index (χ0) is 19.3. The number of likely N-dealkylation sites (tertiary alicyclic amines) is 1. The van der Waals surface area contributed by atoms with Gasteiger partial charge >= 0.3 is 0 Å². The lowest BCUT2D eigenvalue weighted by molar-refractivity contribution is -0.135. The van der Waals surface area contributed by atoms with Crippen molar-refractivity contribution in [3.8, 4) is 0 Å². The summed E-state index contributed by atoms with van der Waals surface area (Å²) < 4.78 is 13.4. The van der Waals surface area contributed by atoms with Gasteiger partial charge in [-0.05, 0) is 50.5 Å². The van der Waals surface area contributed by atoms with E-state index in [-0.39, 0.29) is 23.8 Å². The molecule has 0 unspecified atom stereocenters. The number of hydrogen-bond donors (Lipinski definition) is 2. The SMILES string of the molecule is CCN(CC)C(=O)[C@@H]1C[C@H](NC(=O)CO)CN1Cc1ccc(F)cc1C. The van der Waals surface area contributed by atoms with Crippen molar-refractivity contribution in [1.29, 1.82) is 0 Å². The third-order valence-corrected chi connectivity index (χ3v) is 4.95. The number of hydrogen-bond acceptors (Lipinski definition) is 4. The molecular formula is C19H28FN3O3. The van der Waals surface area contributed by atoms with Gasteiger partial charge in [-0.15, -0.1) is 0 Å². The summed E-state index contributed by atoms with van der Waals surface area (Å²) in [5, 5.41) is 11.7. The van der Waals surface area contributed by atoms with Crippen molar-refractivity contribution in [2.45, 2.75) is 45.8 Å². The molecule has 2 N–H and O–H groups in total. The fourth-order valence-electron chi connectivity index (χ4n) is 3.51. The Bertz CT molecular complexity index is 649. The van der Waals surface area contributed by atoms with E-state index in [0.717, 1.165) is 11.1 Å². The number of aliphatic hydroxyl groups excluding tert-OH is 1. The summed E-state index contributed by atoms with van der Waals surface area (Å²) in [6.45, 7) is 7.44. The number of likely N-dealkylation sites (N-methyl/N-ethyl adjacent to an activating group) is 1. The van der Waals surface area contributed by atoms with Crippen molar-refractivity contribution in [2.75, 3.05) is 26.2 Å². The van der Waals surface area contributed by atoms with Gasteiger partial charge < -0.3 is 15.3 Å². The Labute approximate surface area is 154 Å². The van der Waals surface area contributed by atoms with Crippen LogP contribution in [0.3, 0.4) is 0 Å².